The summed E-state index contributed by atoms with van der Waals surface area (Å²) in [6.45, 7) is 5.08. The molecule has 4 aliphatic heterocycles. The SMILES string of the molecule is CCCOc1cccc(C(=O)[C@@H]2[C@@H]3CCCN3[C@@]3(C(=O)Nc4c(Cl)cc(C)cc43)[C@]23C(=O)Nc2ccccc23)c1. The number of carbonyl (C=O) groups is 3. The van der Waals surface area contributed by atoms with Crippen molar-refractivity contribution in [3.63, 3.8) is 0 Å². The number of nitrogens with zero attached hydrogens (tertiary/aromatic N) is 1. The van der Waals surface area contributed by atoms with E-state index >= 15 is 0 Å². The first-order valence-corrected chi connectivity index (χ1v) is 14.3. The Labute approximate surface area is 237 Å². The molecule has 40 heavy (non-hydrogen) atoms. The van der Waals surface area contributed by atoms with Crippen LogP contribution in [0.1, 0.15) is 53.2 Å². The predicted molar refractivity (Wildman–Crippen MR) is 153 cm³/mol. The summed E-state index contributed by atoms with van der Waals surface area (Å²) < 4.78 is 5.85. The van der Waals surface area contributed by atoms with Crippen LogP contribution in [0, 0.1) is 12.8 Å². The molecule has 2 N–H and O–H groups in total. The molecular weight excluding hydrogens is 526 g/mol. The zero-order valence-electron chi connectivity index (χ0n) is 22.4. The van der Waals surface area contributed by atoms with Gasteiger partial charge in [-0.3, -0.25) is 19.3 Å². The van der Waals surface area contributed by atoms with Crippen LogP contribution in [0.25, 0.3) is 0 Å². The topological polar surface area (TPSA) is 87.7 Å². The largest absolute Gasteiger partial charge is 0.494 e. The third-order valence-corrected chi connectivity index (χ3v) is 9.47. The van der Waals surface area contributed by atoms with Gasteiger partial charge in [0.2, 0.25) is 5.91 Å². The van der Waals surface area contributed by atoms with Crippen molar-refractivity contribution in [3.05, 3.63) is 87.9 Å². The second-order valence-electron chi connectivity index (χ2n) is 11.3. The first kappa shape index (κ1) is 25.3. The summed E-state index contributed by atoms with van der Waals surface area (Å²) in [7, 11) is 0. The van der Waals surface area contributed by atoms with Crippen LogP contribution < -0.4 is 15.4 Å². The van der Waals surface area contributed by atoms with E-state index in [1.165, 1.54) is 0 Å². The maximum atomic E-state index is 14.8. The van der Waals surface area contributed by atoms with Crippen molar-refractivity contribution in [3.8, 4) is 5.75 Å². The Hall–Kier alpha value is -3.68. The molecule has 7 nitrogen and oxygen atoms in total. The molecule has 2 fully saturated rings. The van der Waals surface area contributed by atoms with Gasteiger partial charge in [-0.25, -0.2) is 0 Å². The second-order valence-corrected chi connectivity index (χ2v) is 11.7. The molecule has 3 aromatic carbocycles. The van der Waals surface area contributed by atoms with Crippen LogP contribution in [0.2, 0.25) is 5.02 Å². The zero-order chi connectivity index (χ0) is 27.8. The Morgan fingerprint density at radius 3 is 2.70 bits per heavy atom. The van der Waals surface area contributed by atoms with Gasteiger partial charge in [-0.05, 0) is 68.1 Å². The average Bonchev–Trinajstić information content (AvgIpc) is 3.66. The summed E-state index contributed by atoms with van der Waals surface area (Å²) in [4.78, 5) is 46.1. The van der Waals surface area contributed by atoms with Crippen molar-refractivity contribution >= 4 is 40.6 Å². The standard InChI is InChI=1S/C32H30ClN3O4/c1-3-14-40-20-9-6-8-19(17-20)28(37)26-25-12-7-13-36(25)32(22-15-18(2)16-23(33)27(22)35-30(32)39)31(26)21-10-4-5-11-24(21)34-29(31)38/h4-6,8-11,15-17,25-26H,3,7,12-14H2,1-2H3,(H,34,38)(H,35,39)/t25-,26-,31-,32-/m0/s1. The summed E-state index contributed by atoms with van der Waals surface area (Å²) >= 11 is 6.72. The molecule has 204 valence electrons. The lowest BCUT2D eigenvalue weighted by molar-refractivity contribution is -0.137. The molecule has 0 unspecified atom stereocenters. The van der Waals surface area contributed by atoms with Gasteiger partial charge in [0.15, 0.2) is 5.78 Å². The summed E-state index contributed by atoms with van der Waals surface area (Å²) in [5.74, 6) is -1.01. The molecule has 0 aliphatic carbocycles. The van der Waals surface area contributed by atoms with Crippen LogP contribution >= 0.6 is 11.6 Å². The minimum absolute atomic E-state index is 0.164. The van der Waals surface area contributed by atoms with Crippen LogP contribution in [0.15, 0.2) is 60.7 Å². The van der Waals surface area contributed by atoms with Crippen LogP contribution in [0.3, 0.4) is 0 Å². The Morgan fingerprint density at radius 2 is 1.88 bits per heavy atom. The molecule has 4 atom stereocenters. The number of ketones is 1. The monoisotopic (exact) mass is 555 g/mol. The van der Waals surface area contributed by atoms with Crippen LogP contribution in [-0.4, -0.2) is 41.7 Å². The molecule has 0 radical (unpaired) electrons. The molecule has 4 heterocycles. The fourth-order valence-electron chi connectivity index (χ4n) is 7.91. The highest BCUT2D eigenvalue weighted by Gasteiger charge is 2.81. The average molecular weight is 556 g/mol. The molecule has 4 aliphatic rings. The predicted octanol–water partition coefficient (Wildman–Crippen LogP) is 5.45. The number of halogens is 1. The lowest BCUT2D eigenvalue weighted by Gasteiger charge is -2.43. The van der Waals surface area contributed by atoms with Crippen molar-refractivity contribution in [2.75, 3.05) is 23.8 Å². The van der Waals surface area contributed by atoms with Gasteiger partial charge in [0, 0.05) is 22.9 Å². The van der Waals surface area contributed by atoms with Crippen molar-refractivity contribution in [1.29, 1.82) is 0 Å². The van der Waals surface area contributed by atoms with E-state index in [4.69, 9.17) is 16.3 Å². The number of para-hydroxylation sites is 1. The van der Waals surface area contributed by atoms with Gasteiger partial charge in [-0.2, -0.15) is 0 Å². The number of carbonyl (C=O) groups excluding carboxylic acids is 3. The van der Waals surface area contributed by atoms with Gasteiger partial charge in [0.25, 0.3) is 5.91 Å². The Bertz CT molecular complexity index is 1600. The maximum Gasteiger partial charge on any atom is 0.251 e. The van der Waals surface area contributed by atoms with E-state index in [-0.39, 0.29) is 23.6 Å². The molecule has 8 heteroatoms. The normalized spacial score (nSPS) is 28.0. The number of nitrogens with one attached hydrogen (secondary N) is 2. The number of rotatable bonds is 5. The Morgan fingerprint density at radius 1 is 1.05 bits per heavy atom. The molecule has 7 rings (SSSR count). The molecule has 0 aromatic heterocycles. The van der Waals surface area contributed by atoms with E-state index in [2.05, 4.69) is 15.5 Å². The number of ether oxygens (including phenoxy) is 1. The van der Waals surface area contributed by atoms with Crippen molar-refractivity contribution in [2.45, 2.75) is 50.1 Å². The number of fused-ring (bicyclic) bond motifs is 7. The fraction of sp³-hybridized carbons (Fsp3) is 0.344. The molecule has 2 amide bonds. The number of anilines is 2. The minimum Gasteiger partial charge on any atom is -0.494 e. The van der Waals surface area contributed by atoms with Gasteiger partial charge >= 0.3 is 0 Å². The maximum absolute atomic E-state index is 14.8. The Balaban J connectivity index is 1.53. The number of amides is 2. The highest BCUT2D eigenvalue weighted by Crippen LogP contribution is 2.68. The first-order chi connectivity index (χ1) is 19.3. The molecule has 2 spiro atoms. The molecular formula is C32H30ClN3O4. The Kier molecular flexibility index (Phi) is 5.64. The van der Waals surface area contributed by atoms with Crippen LogP contribution in [-0.2, 0) is 20.5 Å². The number of hydrogen-bond acceptors (Lipinski definition) is 5. The van der Waals surface area contributed by atoms with Crippen molar-refractivity contribution < 1.29 is 19.1 Å². The van der Waals surface area contributed by atoms with E-state index in [0.717, 1.165) is 18.4 Å². The third kappa shape index (κ3) is 3.02. The molecule has 2 saturated heterocycles. The number of aryl methyl sites for hydroxylation is 1. The molecule has 0 bridgehead atoms. The van der Waals surface area contributed by atoms with Gasteiger partial charge in [-0.1, -0.05) is 54.9 Å². The smallest absolute Gasteiger partial charge is 0.251 e. The van der Waals surface area contributed by atoms with Gasteiger partial charge in [0.05, 0.1) is 23.2 Å². The van der Waals surface area contributed by atoms with E-state index in [1.54, 1.807) is 12.1 Å². The van der Waals surface area contributed by atoms with Crippen LogP contribution in [0.4, 0.5) is 11.4 Å². The minimum atomic E-state index is -1.50. The van der Waals surface area contributed by atoms with Gasteiger partial charge < -0.3 is 15.4 Å². The summed E-state index contributed by atoms with van der Waals surface area (Å²) in [6, 6.07) is 18.1. The van der Waals surface area contributed by atoms with E-state index in [0.29, 0.717) is 58.4 Å². The third-order valence-electron chi connectivity index (χ3n) is 9.18. The second kappa shape index (κ2) is 8.91. The summed E-state index contributed by atoms with van der Waals surface area (Å²) in [6.07, 6.45) is 2.36. The first-order valence-electron chi connectivity index (χ1n) is 13.9. The number of Topliss-reactive ketones (excluding diaryl/α,β-unsaturated/α-hetero) is 1. The van der Waals surface area contributed by atoms with Crippen LogP contribution in [0.5, 0.6) is 5.75 Å². The van der Waals surface area contributed by atoms with E-state index < -0.39 is 16.9 Å². The lowest BCUT2D eigenvalue weighted by atomic mass is 9.57. The quantitative estimate of drug-likeness (QED) is 0.409. The van der Waals surface area contributed by atoms with Gasteiger partial charge in [0.1, 0.15) is 16.7 Å². The highest BCUT2D eigenvalue weighted by atomic mass is 35.5. The van der Waals surface area contributed by atoms with Crippen molar-refractivity contribution in [1.82, 2.24) is 4.90 Å². The summed E-state index contributed by atoms with van der Waals surface area (Å²) in [5, 5.41) is 6.54. The zero-order valence-corrected chi connectivity index (χ0v) is 23.2. The molecule has 3 aromatic rings. The number of hydrogen-bond donors (Lipinski definition) is 2. The molecule has 0 saturated carbocycles. The van der Waals surface area contributed by atoms with Crippen molar-refractivity contribution in [2.24, 2.45) is 5.92 Å². The van der Waals surface area contributed by atoms with E-state index in [1.807, 2.05) is 62.4 Å². The highest BCUT2D eigenvalue weighted by molar-refractivity contribution is 6.35. The summed E-state index contributed by atoms with van der Waals surface area (Å²) in [5.41, 5.74) is 0.898. The van der Waals surface area contributed by atoms with E-state index in [9.17, 15) is 14.4 Å². The number of benzene rings is 3. The van der Waals surface area contributed by atoms with Gasteiger partial charge in [-0.15, -0.1) is 0 Å². The fourth-order valence-corrected chi connectivity index (χ4v) is 8.23. The lowest BCUT2D eigenvalue weighted by Crippen LogP contribution is -2.62.